The number of benzene rings is 1. The Kier molecular flexibility index (Phi) is 5.38. The second kappa shape index (κ2) is 6.57. The van der Waals surface area contributed by atoms with Crippen molar-refractivity contribution in [2.24, 2.45) is 11.8 Å². The van der Waals surface area contributed by atoms with Gasteiger partial charge in [0, 0.05) is 17.7 Å². The maximum Gasteiger partial charge on any atom is 0.131 e. The first-order chi connectivity index (χ1) is 8.12. The fraction of sp³-hybridized carbons (Fsp3) is 0.538. The minimum atomic E-state index is -0.282. The molecule has 96 valence electrons. The first kappa shape index (κ1) is 13.9. The SMILES string of the molecule is CCC(C)CC(NN)c1ccc(OC)cc1F. The van der Waals surface area contributed by atoms with E-state index in [1.807, 2.05) is 0 Å². The normalized spacial score (nSPS) is 14.4. The highest BCUT2D eigenvalue weighted by molar-refractivity contribution is 5.30. The van der Waals surface area contributed by atoms with E-state index in [4.69, 9.17) is 10.6 Å². The van der Waals surface area contributed by atoms with Crippen molar-refractivity contribution in [2.45, 2.75) is 32.7 Å². The Balaban J connectivity index is 2.88. The van der Waals surface area contributed by atoms with Crippen molar-refractivity contribution in [3.8, 4) is 5.75 Å². The van der Waals surface area contributed by atoms with Crippen LogP contribution in [0.25, 0.3) is 0 Å². The van der Waals surface area contributed by atoms with Crippen molar-refractivity contribution in [3.05, 3.63) is 29.6 Å². The molecule has 17 heavy (non-hydrogen) atoms. The molecule has 0 aliphatic rings. The number of nitrogens with two attached hydrogens (primary N) is 1. The topological polar surface area (TPSA) is 47.3 Å². The van der Waals surface area contributed by atoms with Crippen molar-refractivity contribution in [1.82, 2.24) is 5.43 Å². The lowest BCUT2D eigenvalue weighted by molar-refractivity contribution is 0.390. The minimum Gasteiger partial charge on any atom is -0.497 e. The summed E-state index contributed by atoms with van der Waals surface area (Å²) in [7, 11) is 1.52. The molecule has 0 bridgehead atoms. The van der Waals surface area contributed by atoms with Crippen molar-refractivity contribution in [3.63, 3.8) is 0 Å². The number of ether oxygens (including phenoxy) is 1. The van der Waals surface area contributed by atoms with Crippen LogP contribution in [-0.2, 0) is 0 Å². The Hall–Kier alpha value is -1.13. The van der Waals surface area contributed by atoms with Crippen molar-refractivity contribution in [2.75, 3.05) is 7.11 Å². The molecule has 0 spiro atoms. The van der Waals surface area contributed by atoms with Gasteiger partial charge >= 0.3 is 0 Å². The maximum absolute atomic E-state index is 13.9. The van der Waals surface area contributed by atoms with E-state index in [1.165, 1.54) is 13.2 Å². The molecule has 0 heterocycles. The van der Waals surface area contributed by atoms with E-state index in [-0.39, 0.29) is 11.9 Å². The van der Waals surface area contributed by atoms with E-state index in [1.54, 1.807) is 12.1 Å². The van der Waals surface area contributed by atoms with Gasteiger partial charge < -0.3 is 4.74 Å². The van der Waals surface area contributed by atoms with Gasteiger partial charge in [-0.3, -0.25) is 11.3 Å². The third-order valence-corrected chi connectivity index (χ3v) is 3.12. The monoisotopic (exact) mass is 240 g/mol. The summed E-state index contributed by atoms with van der Waals surface area (Å²) in [5, 5.41) is 0. The summed E-state index contributed by atoms with van der Waals surface area (Å²) in [4.78, 5) is 0. The summed E-state index contributed by atoms with van der Waals surface area (Å²) < 4.78 is 18.8. The lowest BCUT2D eigenvalue weighted by atomic mass is 9.94. The van der Waals surface area contributed by atoms with Gasteiger partial charge in [0.05, 0.1) is 7.11 Å². The molecule has 0 aliphatic carbocycles. The molecule has 0 aromatic heterocycles. The Bertz CT molecular complexity index is 357. The van der Waals surface area contributed by atoms with E-state index in [2.05, 4.69) is 19.3 Å². The van der Waals surface area contributed by atoms with Crippen molar-refractivity contribution < 1.29 is 9.13 Å². The fourth-order valence-corrected chi connectivity index (χ4v) is 1.77. The molecule has 1 aromatic carbocycles. The Morgan fingerprint density at radius 2 is 2.18 bits per heavy atom. The molecule has 3 N–H and O–H groups in total. The van der Waals surface area contributed by atoms with Crippen LogP contribution in [0.15, 0.2) is 18.2 Å². The van der Waals surface area contributed by atoms with Gasteiger partial charge in [-0.1, -0.05) is 26.3 Å². The predicted molar refractivity (Wildman–Crippen MR) is 67.1 cm³/mol. The summed E-state index contributed by atoms with van der Waals surface area (Å²) in [6.45, 7) is 4.24. The number of nitrogens with one attached hydrogen (secondary N) is 1. The highest BCUT2D eigenvalue weighted by Crippen LogP contribution is 2.26. The summed E-state index contributed by atoms with van der Waals surface area (Å²) in [6.07, 6.45) is 1.87. The number of halogens is 1. The molecule has 0 radical (unpaired) electrons. The zero-order valence-electron chi connectivity index (χ0n) is 10.7. The van der Waals surface area contributed by atoms with Gasteiger partial charge in [0.15, 0.2) is 0 Å². The van der Waals surface area contributed by atoms with Crippen LogP contribution in [0.5, 0.6) is 5.75 Å². The molecule has 4 heteroatoms. The highest BCUT2D eigenvalue weighted by Gasteiger charge is 2.17. The Labute approximate surface area is 102 Å². The van der Waals surface area contributed by atoms with E-state index < -0.39 is 0 Å². The molecule has 1 aromatic rings. The average Bonchev–Trinajstić information content (AvgIpc) is 2.35. The number of hydrazine groups is 1. The molecule has 0 amide bonds. The highest BCUT2D eigenvalue weighted by atomic mass is 19.1. The first-order valence-electron chi connectivity index (χ1n) is 5.91. The number of hydrogen-bond donors (Lipinski definition) is 2. The zero-order valence-corrected chi connectivity index (χ0v) is 10.7. The van der Waals surface area contributed by atoms with Gasteiger partial charge in [0.2, 0.25) is 0 Å². The largest absolute Gasteiger partial charge is 0.497 e. The summed E-state index contributed by atoms with van der Waals surface area (Å²) in [5.74, 6) is 6.23. The lowest BCUT2D eigenvalue weighted by Crippen LogP contribution is -2.30. The van der Waals surface area contributed by atoms with Gasteiger partial charge in [-0.15, -0.1) is 0 Å². The van der Waals surface area contributed by atoms with E-state index in [0.717, 1.165) is 12.8 Å². The quantitative estimate of drug-likeness (QED) is 0.593. The second-order valence-corrected chi connectivity index (χ2v) is 4.36. The van der Waals surface area contributed by atoms with Crippen molar-refractivity contribution >= 4 is 0 Å². The molecule has 2 atom stereocenters. The molecule has 0 saturated carbocycles. The summed E-state index contributed by atoms with van der Waals surface area (Å²) >= 11 is 0. The van der Waals surface area contributed by atoms with Crippen LogP contribution in [0.1, 0.15) is 38.3 Å². The van der Waals surface area contributed by atoms with E-state index in [0.29, 0.717) is 17.2 Å². The molecular weight excluding hydrogens is 219 g/mol. The second-order valence-electron chi connectivity index (χ2n) is 4.36. The summed E-state index contributed by atoms with van der Waals surface area (Å²) in [6, 6.07) is 4.70. The fourth-order valence-electron chi connectivity index (χ4n) is 1.77. The van der Waals surface area contributed by atoms with Gasteiger partial charge in [-0.05, 0) is 18.4 Å². The van der Waals surface area contributed by atoms with Gasteiger partial charge in [0.25, 0.3) is 0 Å². The summed E-state index contributed by atoms with van der Waals surface area (Å²) in [5.41, 5.74) is 3.27. The zero-order chi connectivity index (χ0) is 12.8. The predicted octanol–water partition coefficient (Wildman–Crippen LogP) is 2.77. The van der Waals surface area contributed by atoms with Crippen LogP contribution in [0.2, 0.25) is 0 Å². The molecule has 1 rings (SSSR count). The van der Waals surface area contributed by atoms with Crippen LogP contribution in [-0.4, -0.2) is 7.11 Å². The Morgan fingerprint density at radius 1 is 1.47 bits per heavy atom. The molecule has 3 nitrogen and oxygen atoms in total. The lowest BCUT2D eigenvalue weighted by Gasteiger charge is -2.20. The molecule has 2 unspecified atom stereocenters. The van der Waals surface area contributed by atoms with Gasteiger partial charge in [-0.2, -0.15) is 0 Å². The number of hydrogen-bond acceptors (Lipinski definition) is 3. The smallest absolute Gasteiger partial charge is 0.131 e. The first-order valence-corrected chi connectivity index (χ1v) is 5.91. The maximum atomic E-state index is 13.9. The number of rotatable bonds is 6. The van der Waals surface area contributed by atoms with Crippen LogP contribution >= 0.6 is 0 Å². The van der Waals surface area contributed by atoms with Crippen LogP contribution in [0.3, 0.4) is 0 Å². The average molecular weight is 240 g/mol. The van der Waals surface area contributed by atoms with Crippen LogP contribution < -0.4 is 16.0 Å². The molecule has 0 saturated heterocycles. The molecule has 0 aliphatic heterocycles. The van der Waals surface area contributed by atoms with Gasteiger partial charge in [-0.25, -0.2) is 4.39 Å². The number of methoxy groups -OCH3 is 1. The minimum absolute atomic E-state index is 0.157. The van der Waals surface area contributed by atoms with E-state index >= 15 is 0 Å². The van der Waals surface area contributed by atoms with Gasteiger partial charge in [0.1, 0.15) is 11.6 Å². The standard InChI is InChI=1S/C13H21FN2O/c1-4-9(2)7-13(16-15)11-6-5-10(17-3)8-12(11)14/h5-6,8-9,13,16H,4,7,15H2,1-3H3. The molecular formula is C13H21FN2O. The Morgan fingerprint density at radius 3 is 2.65 bits per heavy atom. The third-order valence-electron chi connectivity index (χ3n) is 3.12. The molecule has 0 fully saturated rings. The van der Waals surface area contributed by atoms with Crippen LogP contribution in [0, 0.1) is 11.7 Å². The third kappa shape index (κ3) is 3.68. The van der Waals surface area contributed by atoms with E-state index in [9.17, 15) is 4.39 Å². The van der Waals surface area contributed by atoms with Crippen LogP contribution in [0.4, 0.5) is 4.39 Å². The van der Waals surface area contributed by atoms with Crippen molar-refractivity contribution in [1.29, 1.82) is 0 Å².